The second-order valence-corrected chi connectivity index (χ2v) is 14.5. The fourth-order valence-electron chi connectivity index (χ4n) is 6.71. The normalized spacial score (nSPS) is 23.1. The Morgan fingerprint density at radius 1 is 0.979 bits per heavy atom. The van der Waals surface area contributed by atoms with Crippen molar-refractivity contribution >= 4 is 35.3 Å². The predicted molar refractivity (Wildman–Crippen MR) is 173 cm³/mol. The third kappa shape index (κ3) is 8.72. The number of amides is 5. The third-order valence-corrected chi connectivity index (χ3v) is 9.77. The monoisotopic (exact) mass is 653 g/mol. The van der Waals surface area contributed by atoms with Gasteiger partial charge in [0, 0.05) is 25.0 Å². The van der Waals surface area contributed by atoms with Crippen LogP contribution in [0, 0.1) is 23.2 Å². The van der Waals surface area contributed by atoms with Crippen LogP contribution in [0.5, 0.6) is 0 Å². The van der Waals surface area contributed by atoms with Gasteiger partial charge in [0.2, 0.25) is 23.5 Å². The van der Waals surface area contributed by atoms with Gasteiger partial charge in [0.15, 0.2) is 0 Å². The molecule has 258 valence electrons. The highest BCUT2D eigenvalue weighted by molar-refractivity contribution is 6.38. The summed E-state index contributed by atoms with van der Waals surface area (Å²) < 4.78 is 0. The smallest absolute Gasteiger partial charge is 0.289 e. The first-order valence-electron chi connectivity index (χ1n) is 17.1. The topological polar surface area (TPSA) is 180 Å². The Morgan fingerprint density at radius 2 is 1.70 bits per heavy atom. The van der Waals surface area contributed by atoms with Crippen molar-refractivity contribution in [3.8, 4) is 0 Å². The lowest BCUT2D eigenvalue weighted by Gasteiger charge is -2.37. The van der Waals surface area contributed by atoms with Gasteiger partial charge in [-0.05, 0) is 55.3 Å². The summed E-state index contributed by atoms with van der Waals surface area (Å²) in [4.78, 5) is 90.4. The number of fused-ring (bicyclic) bond motifs is 1. The molecule has 1 saturated heterocycles. The summed E-state index contributed by atoms with van der Waals surface area (Å²) in [5.74, 6) is -3.52. The number of hydrogen-bond donors (Lipinski definition) is 4. The SMILES string of the molecule is CCCC(NC(=O)[C@@H]1C2CCCC2CN1C(=O)[C@@H](NC(=O)[C@@H](NC(=O)c1cnccn1)[C@@H](C)CC)C(C)(C)C)C(=O)C(=O)NC1CC1. The number of likely N-dealkylation sites (tertiary alicyclic amines) is 1. The standard InChI is InChI=1S/C34H51N7O6/c1-7-10-23(27(42)32(46)37-21-13-14-21)38-31(45)26-22-12-9-11-20(22)18-41(26)33(47)28(34(4,5)6)40-30(44)25(19(3)8-2)39-29(43)24-17-35-15-16-36-24/h15-17,19-23,25-26,28H,7-14,18H2,1-6H3,(H,37,46)(H,38,45)(H,39,43)(H,40,44)/t19-,20?,22?,23?,25-,26-,28+/m0/s1. The van der Waals surface area contributed by atoms with E-state index in [4.69, 9.17) is 0 Å². The molecule has 7 atom stereocenters. The van der Waals surface area contributed by atoms with E-state index in [0.29, 0.717) is 25.8 Å². The molecule has 2 heterocycles. The average molecular weight is 654 g/mol. The first-order valence-corrected chi connectivity index (χ1v) is 17.1. The molecular weight excluding hydrogens is 602 g/mol. The van der Waals surface area contributed by atoms with Crippen molar-refractivity contribution in [2.75, 3.05) is 6.54 Å². The van der Waals surface area contributed by atoms with Crippen LogP contribution >= 0.6 is 0 Å². The highest BCUT2D eigenvalue weighted by Crippen LogP contribution is 2.43. The van der Waals surface area contributed by atoms with Crippen molar-refractivity contribution in [1.82, 2.24) is 36.1 Å². The number of carbonyl (C=O) groups is 6. The fourth-order valence-corrected chi connectivity index (χ4v) is 6.71. The second-order valence-electron chi connectivity index (χ2n) is 14.5. The van der Waals surface area contributed by atoms with Gasteiger partial charge in [-0.15, -0.1) is 0 Å². The van der Waals surface area contributed by atoms with E-state index in [-0.39, 0.29) is 29.5 Å². The summed E-state index contributed by atoms with van der Waals surface area (Å²) in [6, 6.07) is -3.78. The molecule has 13 heteroatoms. The van der Waals surface area contributed by atoms with Crippen LogP contribution in [0.15, 0.2) is 18.6 Å². The van der Waals surface area contributed by atoms with Gasteiger partial charge in [0.1, 0.15) is 23.8 Å². The summed E-state index contributed by atoms with van der Waals surface area (Å²) in [5, 5.41) is 11.3. The first kappa shape index (κ1) is 35.9. The Bertz CT molecular complexity index is 1330. The van der Waals surface area contributed by atoms with Crippen molar-refractivity contribution < 1.29 is 28.8 Å². The lowest BCUT2D eigenvalue weighted by Crippen LogP contribution is -2.62. The number of rotatable bonds is 14. The van der Waals surface area contributed by atoms with Gasteiger partial charge in [-0.3, -0.25) is 33.8 Å². The largest absolute Gasteiger partial charge is 0.347 e. The van der Waals surface area contributed by atoms with Crippen molar-refractivity contribution in [3.05, 3.63) is 24.3 Å². The molecule has 2 aliphatic carbocycles. The Morgan fingerprint density at radius 3 is 2.30 bits per heavy atom. The van der Waals surface area contributed by atoms with E-state index in [1.54, 1.807) is 4.90 Å². The van der Waals surface area contributed by atoms with E-state index in [0.717, 1.165) is 32.1 Å². The second kappa shape index (κ2) is 15.3. The third-order valence-electron chi connectivity index (χ3n) is 9.77. The summed E-state index contributed by atoms with van der Waals surface area (Å²) in [6.07, 6.45) is 9.86. The molecule has 0 radical (unpaired) electrons. The van der Waals surface area contributed by atoms with Crippen molar-refractivity contribution in [1.29, 1.82) is 0 Å². The number of nitrogens with zero attached hydrogens (tertiary/aromatic N) is 3. The molecule has 4 N–H and O–H groups in total. The van der Waals surface area contributed by atoms with Gasteiger partial charge in [0.25, 0.3) is 11.8 Å². The zero-order chi connectivity index (χ0) is 34.5. The van der Waals surface area contributed by atoms with E-state index in [9.17, 15) is 28.8 Å². The molecule has 1 aromatic heterocycles. The minimum Gasteiger partial charge on any atom is -0.347 e. The van der Waals surface area contributed by atoms with Crippen LogP contribution in [0.2, 0.25) is 0 Å². The Labute approximate surface area is 277 Å². The quantitative estimate of drug-likeness (QED) is 0.220. The number of nitrogens with one attached hydrogen (secondary N) is 4. The zero-order valence-electron chi connectivity index (χ0n) is 28.5. The summed E-state index contributed by atoms with van der Waals surface area (Å²) in [5.41, 5.74) is -0.679. The molecule has 1 aromatic rings. The maximum absolute atomic E-state index is 14.5. The van der Waals surface area contributed by atoms with Gasteiger partial charge < -0.3 is 26.2 Å². The van der Waals surface area contributed by atoms with Crippen LogP contribution < -0.4 is 21.3 Å². The minimum absolute atomic E-state index is 0.0106. The van der Waals surface area contributed by atoms with Crippen molar-refractivity contribution in [2.24, 2.45) is 23.2 Å². The molecule has 1 aliphatic heterocycles. The Hall–Kier alpha value is -3.90. The van der Waals surface area contributed by atoms with E-state index in [2.05, 4.69) is 31.2 Å². The van der Waals surface area contributed by atoms with E-state index < -0.39 is 64.9 Å². The molecule has 3 aliphatic rings. The molecule has 4 rings (SSSR count). The number of hydrogen-bond acceptors (Lipinski definition) is 8. The highest BCUT2D eigenvalue weighted by Gasteiger charge is 2.52. The number of ketones is 1. The van der Waals surface area contributed by atoms with E-state index in [1.807, 2.05) is 41.5 Å². The van der Waals surface area contributed by atoms with Gasteiger partial charge in [0.05, 0.1) is 12.2 Å². The van der Waals surface area contributed by atoms with E-state index in [1.165, 1.54) is 18.6 Å². The van der Waals surface area contributed by atoms with Crippen molar-refractivity contribution in [2.45, 2.75) is 123 Å². The molecule has 13 nitrogen and oxygen atoms in total. The van der Waals surface area contributed by atoms with Crippen molar-refractivity contribution in [3.63, 3.8) is 0 Å². The molecular formula is C34H51N7O6. The Balaban J connectivity index is 1.55. The van der Waals surface area contributed by atoms with Gasteiger partial charge in [-0.25, -0.2) is 4.98 Å². The minimum atomic E-state index is -1.01. The molecule has 47 heavy (non-hydrogen) atoms. The maximum atomic E-state index is 14.5. The van der Waals surface area contributed by atoms with Crippen LogP contribution in [-0.2, 0) is 24.0 Å². The number of aromatic nitrogens is 2. The summed E-state index contributed by atoms with van der Waals surface area (Å²) in [7, 11) is 0. The van der Waals surface area contributed by atoms with Crippen LogP contribution in [-0.4, -0.2) is 86.9 Å². The molecule has 3 unspecified atom stereocenters. The maximum Gasteiger partial charge on any atom is 0.289 e. The molecule has 0 aromatic carbocycles. The number of Topliss-reactive ketones (excluding diaryl/α,β-unsaturated/α-hetero) is 1. The average Bonchev–Trinajstić information content (AvgIpc) is 3.61. The fraction of sp³-hybridized carbons (Fsp3) is 0.706. The van der Waals surface area contributed by atoms with Crippen LogP contribution in [0.25, 0.3) is 0 Å². The summed E-state index contributed by atoms with van der Waals surface area (Å²) in [6.45, 7) is 11.5. The summed E-state index contributed by atoms with van der Waals surface area (Å²) >= 11 is 0. The lowest BCUT2D eigenvalue weighted by molar-refractivity contribution is -0.146. The molecule has 2 saturated carbocycles. The molecule has 0 spiro atoms. The Kier molecular flexibility index (Phi) is 11.7. The van der Waals surface area contributed by atoms with Gasteiger partial charge in [-0.1, -0.05) is 60.8 Å². The van der Waals surface area contributed by atoms with E-state index >= 15 is 0 Å². The zero-order valence-corrected chi connectivity index (χ0v) is 28.5. The predicted octanol–water partition coefficient (Wildman–Crippen LogP) is 1.91. The van der Waals surface area contributed by atoms with Gasteiger partial charge >= 0.3 is 0 Å². The molecule has 3 fully saturated rings. The van der Waals surface area contributed by atoms with Gasteiger partial charge in [-0.2, -0.15) is 0 Å². The van der Waals surface area contributed by atoms with Crippen LogP contribution in [0.4, 0.5) is 0 Å². The lowest BCUT2D eigenvalue weighted by atomic mass is 9.84. The molecule has 5 amide bonds. The molecule has 0 bridgehead atoms. The number of carbonyl (C=O) groups excluding carboxylic acids is 6. The van der Waals surface area contributed by atoms with Crippen LogP contribution in [0.1, 0.15) is 103 Å². The van der Waals surface area contributed by atoms with Crippen LogP contribution in [0.3, 0.4) is 0 Å². The first-order chi connectivity index (χ1) is 22.3. The highest BCUT2D eigenvalue weighted by atomic mass is 16.2.